The van der Waals surface area contributed by atoms with Gasteiger partial charge >= 0.3 is 0 Å². The molecule has 0 aliphatic heterocycles. The van der Waals surface area contributed by atoms with Crippen molar-refractivity contribution in [1.29, 1.82) is 0 Å². The Balaban J connectivity index is 2.06. The Bertz CT molecular complexity index is 788. The maximum absolute atomic E-state index is 4.62. The van der Waals surface area contributed by atoms with Gasteiger partial charge in [0.05, 0.1) is 5.69 Å². The first-order chi connectivity index (χ1) is 13.9. The predicted octanol–water partition coefficient (Wildman–Crippen LogP) is 3.59. The number of hydrogen-bond donors (Lipinski definition) is 1. The zero-order chi connectivity index (χ0) is 21.4. The molecule has 0 unspecified atom stereocenters. The van der Waals surface area contributed by atoms with Gasteiger partial charge in [0.25, 0.3) is 0 Å². The maximum atomic E-state index is 4.62. The fraction of sp³-hybridized carbons (Fsp3) is 0.565. The van der Waals surface area contributed by atoms with Gasteiger partial charge in [-0.3, -0.25) is 14.6 Å². The molecule has 0 amide bonds. The Labute approximate surface area is 176 Å². The molecule has 1 aromatic carbocycles. The van der Waals surface area contributed by atoms with Crippen LogP contribution in [0.1, 0.15) is 56.0 Å². The second kappa shape index (κ2) is 11.0. The summed E-state index contributed by atoms with van der Waals surface area (Å²) in [7, 11) is 5.90. The van der Waals surface area contributed by atoms with Crippen molar-refractivity contribution in [2.75, 3.05) is 27.2 Å². The fourth-order valence-corrected chi connectivity index (χ4v) is 3.62. The van der Waals surface area contributed by atoms with Crippen LogP contribution >= 0.6 is 0 Å². The minimum atomic E-state index is 0.404. The van der Waals surface area contributed by atoms with Crippen LogP contribution in [0.25, 0.3) is 0 Å². The van der Waals surface area contributed by atoms with Crippen LogP contribution in [0.5, 0.6) is 0 Å². The number of aromatic nitrogens is 2. The molecular formula is C23H38N6. The zero-order valence-corrected chi connectivity index (χ0v) is 19.2. The van der Waals surface area contributed by atoms with E-state index in [1.165, 1.54) is 16.7 Å². The van der Waals surface area contributed by atoms with Gasteiger partial charge in [0.1, 0.15) is 0 Å². The molecule has 6 heteroatoms. The highest BCUT2D eigenvalue weighted by Crippen LogP contribution is 2.18. The van der Waals surface area contributed by atoms with Crippen molar-refractivity contribution in [2.24, 2.45) is 12.0 Å². The number of guanidine groups is 1. The van der Waals surface area contributed by atoms with E-state index in [1.807, 2.05) is 18.8 Å². The Hall–Kier alpha value is -2.34. The molecule has 0 saturated carbocycles. The third-order valence-corrected chi connectivity index (χ3v) is 5.31. The Morgan fingerprint density at radius 1 is 1.10 bits per heavy atom. The number of aryl methyl sites for hydroxylation is 1. The van der Waals surface area contributed by atoms with Crippen LogP contribution < -0.4 is 5.32 Å². The monoisotopic (exact) mass is 398 g/mol. The number of rotatable bonds is 9. The SMILES string of the molecule is CCN(CC)Cc1ccccc1CNC(=NC)N(C)Cc1cn(C)nc1C(C)C. The third kappa shape index (κ3) is 6.32. The molecule has 0 fully saturated rings. The molecule has 1 heterocycles. The first-order valence-corrected chi connectivity index (χ1v) is 10.6. The lowest BCUT2D eigenvalue weighted by Crippen LogP contribution is -2.38. The average molecular weight is 399 g/mol. The molecule has 0 aliphatic rings. The predicted molar refractivity (Wildman–Crippen MR) is 122 cm³/mol. The van der Waals surface area contributed by atoms with E-state index in [-0.39, 0.29) is 0 Å². The highest BCUT2D eigenvalue weighted by molar-refractivity contribution is 5.79. The van der Waals surface area contributed by atoms with E-state index in [1.54, 1.807) is 0 Å². The van der Waals surface area contributed by atoms with Crippen molar-refractivity contribution >= 4 is 5.96 Å². The van der Waals surface area contributed by atoms with Crippen molar-refractivity contribution in [3.05, 3.63) is 52.8 Å². The lowest BCUT2D eigenvalue weighted by Gasteiger charge is -2.24. The van der Waals surface area contributed by atoms with E-state index in [0.717, 1.165) is 44.4 Å². The largest absolute Gasteiger partial charge is 0.352 e. The van der Waals surface area contributed by atoms with Crippen LogP contribution in [0.4, 0.5) is 0 Å². The maximum Gasteiger partial charge on any atom is 0.193 e. The average Bonchev–Trinajstić information content (AvgIpc) is 3.07. The van der Waals surface area contributed by atoms with Crippen LogP contribution in [0.2, 0.25) is 0 Å². The van der Waals surface area contributed by atoms with Crippen LogP contribution in [0.3, 0.4) is 0 Å². The van der Waals surface area contributed by atoms with Gasteiger partial charge in [0.15, 0.2) is 5.96 Å². The summed E-state index contributed by atoms with van der Waals surface area (Å²) in [5.74, 6) is 1.29. The molecule has 0 spiro atoms. The van der Waals surface area contributed by atoms with Crippen molar-refractivity contribution in [2.45, 2.75) is 53.2 Å². The first-order valence-electron chi connectivity index (χ1n) is 10.6. The molecule has 29 heavy (non-hydrogen) atoms. The van der Waals surface area contributed by atoms with Gasteiger partial charge < -0.3 is 10.2 Å². The first kappa shape index (κ1) is 22.9. The van der Waals surface area contributed by atoms with E-state index >= 15 is 0 Å². The standard InChI is InChI=1S/C23H38N6/c1-8-29(9-2)17-20-13-11-10-12-19(20)14-25-23(24-5)27(6)15-21-16-28(7)26-22(21)18(3)4/h10-13,16,18H,8-9,14-15,17H2,1-7H3,(H,24,25). The van der Waals surface area contributed by atoms with Crippen LogP contribution in [0, 0.1) is 0 Å². The van der Waals surface area contributed by atoms with Gasteiger partial charge in [-0.1, -0.05) is 52.0 Å². The highest BCUT2D eigenvalue weighted by atomic mass is 15.3. The number of nitrogens with one attached hydrogen (secondary N) is 1. The molecule has 2 aromatic rings. The third-order valence-electron chi connectivity index (χ3n) is 5.31. The van der Waals surface area contributed by atoms with Crippen molar-refractivity contribution in [1.82, 2.24) is 24.9 Å². The van der Waals surface area contributed by atoms with Crippen LogP contribution in [0.15, 0.2) is 35.5 Å². The van der Waals surface area contributed by atoms with Crippen LogP contribution in [-0.2, 0) is 26.7 Å². The lowest BCUT2D eigenvalue weighted by atomic mass is 10.1. The number of aliphatic imine (C=N–C) groups is 1. The fourth-order valence-electron chi connectivity index (χ4n) is 3.62. The summed E-state index contributed by atoms with van der Waals surface area (Å²) in [4.78, 5) is 9.10. The molecule has 1 N–H and O–H groups in total. The summed E-state index contributed by atoms with van der Waals surface area (Å²) < 4.78 is 1.90. The Morgan fingerprint density at radius 3 is 2.34 bits per heavy atom. The quantitative estimate of drug-likeness (QED) is 0.518. The molecular weight excluding hydrogens is 360 g/mol. The van der Waals surface area contributed by atoms with E-state index in [0.29, 0.717) is 5.92 Å². The van der Waals surface area contributed by atoms with E-state index < -0.39 is 0 Å². The van der Waals surface area contributed by atoms with Gasteiger partial charge in [-0.2, -0.15) is 5.10 Å². The molecule has 0 bridgehead atoms. The zero-order valence-electron chi connectivity index (χ0n) is 19.2. The summed E-state index contributed by atoms with van der Waals surface area (Å²) in [6.07, 6.45) is 2.11. The van der Waals surface area contributed by atoms with E-state index in [2.05, 4.69) is 90.4 Å². The molecule has 2 rings (SSSR count). The minimum Gasteiger partial charge on any atom is -0.352 e. The molecule has 0 aliphatic carbocycles. The summed E-state index contributed by atoms with van der Waals surface area (Å²) in [6.45, 7) is 13.4. The second-order valence-electron chi connectivity index (χ2n) is 7.85. The smallest absolute Gasteiger partial charge is 0.193 e. The number of hydrogen-bond acceptors (Lipinski definition) is 3. The molecule has 160 valence electrons. The Morgan fingerprint density at radius 2 is 1.76 bits per heavy atom. The van der Waals surface area contributed by atoms with Gasteiger partial charge in [-0.05, 0) is 30.1 Å². The second-order valence-corrected chi connectivity index (χ2v) is 7.85. The molecule has 0 atom stereocenters. The summed E-state index contributed by atoms with van der Waals surface area (Å²) in [5, 5.41) is 8.16. The normalized spacial score (nSPS) is 12.1. The van der Waals surface area contributed by atoms with Crippen molar-refractivity contribution in [3.63, 3.8) is 0 Å². The lowest BCUT2D eigenvalue weighted by molar-refractivity contribution is 0.295. The molecule has 0 radical (unpaired) electrons. The molecule has 6 nitrogen and oxygen atoms in total. The van der Waals surface area contributed by atoms with Crippen molar-refractivity contribution < 1.29 is 0 Å². The highest BCUT2D eigenvalue weighted by Gasteiger charge is 2.15. The van der Waals surface area contributed by atoms with Crippen molar-refractivity contribution in [3.8, 4) is 0 Å². The Kier molecular flexibility index (Phi) is 8.70. The summed E-state index contributed by atoms with van der Waals surface area (Å²) >= 11 is 0. The number of benzene rings is 1. The summed E-state index contributed by atoms with van der Waals surface area (Å²) in [5.41, 5.74) is 5.09. The topological polar surface area (TPSA) is 48.7 Å². The molecule has 0 saturated heterocycles. The van der Waals surface area contributed by atoms with Crippen LogP contribution in [-0.4, -0.2) is 52.7 Å². The van der Waals surface area contributed by atoms with Gasteiger partial charge in [0, 0.05) is 52.5 Å². The van der Waals surface area contributed by atoms with Gasteiger partial charge in [-0.15, -0.1) is 0 Å². The van der Waals surface area contributed by atoms with E-state index in [4.69, 9.17) is 0 Å². The van der Waals surface area contributed by atoms with E-state index in [9.17, 15) is 0 Å². The molecule has 1 aromatic heterocycles. The summed E-state index contributed by atoms with van der Waals surface area (Å²) in [6, 6.07) is 8.67. The minimum absolute atomic E-state index is 0.404. The number of nitrogens with zero attached hydrogens (tertiary/aromatic N) is 5. The van der Waals surface area contributed by atoms with Gasteiger partial charge in [0.2, 0.25) is 0 Å². The van der Waals surface area contributed by atoms with Gasteiger partial charge in [-0.25, -0.2) is 0 Å².